The number of benzene rings is 1. The fourth-order valence-corrected chi connectivity index (χ4v) is 3.02. The number of carbonyl (C=O) groups excluding carboxylic acids is 1. The first-order valence-electron chi connectivity index (χ1n) is 8.44. The molecule has 3 rings (SSSR count). The van der Waals surface area contributed by atoms with Gasteiger partial charge in [-0.05, 0) is 29.7 Å². The fraction of sp³-hybridized carbons (Fsp3) is 0.316. The van der Waals surface area contributed by atoms with Crippen LogP contribution in [0, 0.1) is 0 Å². The molecule has 0 saturated heterocycles. The highest BCUT2D eigenvalue weighted by Crippen LogP contribution is 2.17. The first-order chi connectivity index (χ1) is 12.3. The summed E-state index contributed by atoms with van der Waals surface area (Å²) in [5, 5.41) is 3.25. The zero-order chi connectivity index (χ0) is 19.0. The van der Waals surface area contributed by atoms with Crippen molar-refractivity contribution in [3.63, 3.8) is 0 Å². The van der Waals surface area contributed by atoms with Gasteiger partial charge in [0.2, 0.25) is 5.91 Å². The summed E-state index contributed by atoms with van der Waals surface area (Å²) < 4.78 is 4.04. The smallest absolute Gasteiger partial charge is 0.325 e. The number of hydrogen-bond donors (Lipinski definition) is 1. The van der Waals surface area contributed by atoms with Gasteiger partial charge in [-0.2, -0.15) is 0 Å². The summed E-state index contributed by atoms with van der Waals surface area (Å²) in [6.45, 7) is 4.23. The van der Waals surface area contributed by atoms with E-state index in [0.29, 0.717) is 22.6 Å². The van der Waals surface area contributed by atoms with E-state index in [9.17, 15) is 14.4 Å². The molecule has 2 aromatic heterocycles. The lowest BCUT2D eigenvalue weighted by Gasteiger charge is -2.11. The minimum absolute atomic E-state index is 0.00980. The van der Waals surface area contributed by atoms with Gasteiger partial charge >= 0.3 is 5.69 Å². The zero-order valence-corrected chi connectivity index (χ0v) is 15.3. The summed E-state index contributed by atoms with van der Waals surface area (Å²) >= 11 is 0. The number of fused-ring (bicyclic) bond motifs is 1. The van der Waals surface area contributed by atoms with E-state index in [-0.39, 0.29) is 18.0 Å². The van der Waals surface area contributed by atoms with Crippen LogP contribution in [0.4, 0.5) is 5.69 Å². The second kappa shape index (κ2) is 6.67. The van der Waals surface area contributed by atoms with Crippen LogP contribution in [0.5, 0.6) is 0 Å². The van der Waals surface area contributed by atoms with E-state index in [4.69, 9.17) is 0 Å². The predicted molar refractivity (Wildman–Crippen MR) is 102 cm³/mol. The first-order valence-corrected chi connectivity index (χ1v) is 8.44. The van der Waals surface area contributed by atoms with Crippen molar-refractivity contribution in [2.24, 2.45) is 14.1 Å². The molecule has 0 radical (unpaired) electrons. The topological polar surface area (TPSA) is 78.0 Å². The molecule has 0 aliphatic heterocycles. The normalized spacial score (nSPS) is 11.3. The minimum Gasteiger partial charge on any atom is -0.325 e. The number of aromatic nitrogens is 3. The molecular weight excluding hydrogens is 332 g/mol. The summed E-state index contributed by atoms with van der Waals surface area (Å²) in [4.78, 5) is 36.7. The van der Waals surface area contributed by atoms with Gasteiger partial charge in [0.15, 0.2) is 0 Å². The van der Waals surface area contributed by atoms with Gasteiger partial charge in [0, 0.05) is 26.0 Å². The number of carbonyl (C=O) groups is 1. The van der Waals surface area contributed by atoms with E-state index in [1.165, 1.54) is 17.2 Å². The monoisotopic (exact) mass is 354 g/mol. The summed E-state index contributed by atoms with van der Waals surface area (Å²) in [5.74, 6) is 0.197. The first kappa shape index (κ1) is 17.7. The zero-order valence-electron chi connectivity index (χ0n) is 15.3. The van der Waals surface area contributed by atoms with E-state index in [1.54, 1.807) is 23.9 Å². The van der Waals surface area contributed by atoms with Crippen LogP contribution >= 0.6 is 0 Å². The van der Waals surface area contributed by atoms with Crippen molar-refractivity contribution in [3.05, 3.63) is 62.9 Å². The van der Waals surface area contributed by atoms with Crippen LogP contribution in [0.2, 0.25) is 0 Å². The molecule has 7 heteroatoms. The number of nitrogens with one attached hydrogen (secondary N) is 1. The van der Waals surface area contributed by atoms with Gasteiger partial charge in [-0.3, -0.25) is 18.7 Å². The number of hydrogen-bond acceptors (Lipinski definition) is 3. The van der Waals surface area contributed by atoms with Crippen molar-refractivity contribution in [2.75, 3.05) is 5.32 Å². The van der Waals surface area contributed by atoms with Crippen LogP contribution in [0.1, 0.15) is 25.3 Å². The molecular formula is C19H22N4O3. The maximum atomic E-state index is 12.4. The molecule has 26 heavy (non-hydrogen) atoms. The van der Waals surface area contributed by atoms with Crippen molar-refractivity contribution in [1.82, 2.24) is 13.7 Å². The van der Waals surface area contributed by atoms with Crippen molar-refractivity contribution in [1.29, 1.82) is 0 Å². The van der Waals surface area contributed by atoms with Crippen molar-refractivity contribution >= 4 is 22.6 Å². The maximum Gasteiger partial charge on any atom is 0.332 e. The van der Waals surface area contributed by atoms with E-state index < -0.39 is 5.69 Å². The van der Waals surface area contributed by atoms with Crippen molar-refractivity contribution in [3.8, 4) is 0 Å². The molecule has 0 unspecified atom stereocenters. The van der Waals surface area contributed by atoms with Gasteiger partial charge in [0.1, 0.15) is 12.2 Å². The third-order valence-electron chi connectivity index (χ3n) is 4.54. The molecule has 0 saturated carbocycles. The van der Waals surface area contributed by atoms with E-state index in [1.807, 2.05) is 24.3 Å². The van der Waals surface area contributed by atoms with Crippen molar-refractivity contribution in [2.45, 2.75) is 26.3 Å². The molecule has 1 amide bonds. The van der Waals surface area contributed by atoms with Crippen LogP contribution < -0.4 is 16.6 Å². The highest BCUT2D eigenvalue weighted by Gasteiger charge is 2.14. The van der Waals surface area contributed by atoms with Crippen LogP contribution in [0.25, 0.3) is 11.0 Å². The summed E-state index contributed by atoms with van der Waals surface area (Å²) in [6.07, 6.45) is 1.65. The Kier molecular flexibility index (Phi) is 4.54. The Morgan fingerprint density at radius 2 is 1.69 bits per heavy atom. The lowest BCUT2D eigenvalue weighted by atomic mass is 10.0. The van der Waals surface area contributed by atoms with Gasteiger partial charge in [-0.15, -0.1) is 0 Å². The van der Waals surface area contributed by atoms with Gasteiger partial charge in [0.05, 0.1) is 5.39 Å². The molecule has 2 heterocycles. The number of nitrogens with zero attached hydrogens (tertiary/aromatic N) is 3. The van der Waals surface area contributed by atoms with E-state index in [2.05, 4.69) is 19.2 Å². The number of rotatable bonds is 4. The van der Waals surface area contributed by atoms with E-state index >= 15 is 0 Å². The average Bonchev–Trinajstić information content (AvgIpc) is 3.02. The van der Waals surface area contributed by atoms with E-state index in [0.717, 1.165) is 4.57 Å². The Hall–Kier alpha value is -3.09. The minimum atomic E-state index is -0.424. The third kappa shape index (κ3) is 3.08. The molecule has 0 aliphatic carbocycles. The average molecular weight is 354 g/mol. The molecule has 0 fully saturated rings. The standard InChI is InChI=1S/C19H22N4O3/c1-12(2)13-5-7-14(8-6-13)20-16(24)11-23-10-9-15-17(23)21(3)19(26)22(4)18(15)25/h5-10,12H,11H2,1-4H3,(H,20,24). The van der Waals surface area contributed by atoms with Crippen LogP contribution in [0.3, 0.4) is 0 Å². The molecule has 136 valence electrons. The predicted octanol–water partition coefficient (Wildman–Crippen LogP) is 1.80. The molecule has 7 nitrogen and oxygen atoms in total. The second-order valence-corrected chi connectivity index (χ2v) is 6.71. The highest BCUT2D eigenvalue weighted by atomic mass is 16.2. The number of anilines is 1. The SMILES string of the molecule is CC(C)c1ccc(NC(=O)Cn2ccc3c(=O)n(C)c(=O)n(C)c32)cc1. The largest absolute Gasteiger partial charge is 0.332 e. The Bertz CT molecular complexity index is 1080. The molecule has 3 aromatic rings. The van der Waals surface area contributed by atoms with Crippen LogP contribution in [-0.4, -0.2) is 19.6 Å². The molecule has 0 spiro atoms. The summed E-state index contributed by atoms with van der Waals surface area (Å²) in [5.41, 5.74) is 1.55. The third-order valence-corrected chi connectivity index (χ3v) is 4.54. The Balaban J connectivity index is 1.86. The van der Waals surface area contributed by atoms with Gasteiger partial charge in [-0.25, -0.2) is 4.79 Å². The Morgan fingerprint density at radius 3 is 2.31 bits per heavy atom. The van der Waals surface area contributed by atoms with Crippen LogP contribution in [0.15, 0.2) is 46.1 Å². The fourth-order valence-electron chi connectivity index (χ4n) is 3.02. The maximum absolute atomic E-state index is 12.4. The Morgan fingerprint density at radius 1 is 1.04 bits per heavy atom. The molecule has 1 N–H and O–H groups in total. The number of amides is 1. The molecule has 0 atom stereocenters. The van der Waals surface area contributed by atoms with Crippen molar-refractivity contribution < 1.29 is 4.79 Å². The molecule has 1 aromatic carbocycles. The van der Waals surface area contributed by atoms with Crippen LogP contribution in [-0.2, 0) is 25.4 Å². The highest BCUT2D eigenvalue weighted by molar-refractivity contribution is 5.91. The summed E-state index contributed by atoms with van der Waals surface area (Å²) in [6, 6.07) is 9.33. The van der Waals surface area contributed by atoms with Gasteiger partial charge < -0.3 is 9.88 Å². The number of aryl methyl sites for hydroxylation is 1. The van der Waals surface area contributed by atoms with Gasteiger partial charge in [0.25, 0.3) is 5.56 Å². The lowest BCUT2D eigenvalue weighted by molar-refractivity contribution is -0.116. The lowest BCUT2D eigenvalue weighted by Crippen LogP contribution is -2.37. The molecule has 0 aliphatic rings. The quantitative estimate of drug-likeness (QED) is 0.776. The molecule has 0 bridgehead atoms. The van der Waals surface area contributed by atoms with Gasteiger partial charge in [-0.1, -0.05) is 26.0 Å². The Labute approximate surface area is 150 Å². The second-order valence-electron chi connectivity index (χ2n) is 6.71. The summed E-state index contributed by atoms with van der Waals surface area (Å²) in [7, 11) is 3.03.